The number of aromatic nitrogens is 2. The van der Waals surface area contributed by atoms with E-state index in [0.29, 0.717) is 63.5 Å². The van der Waals surface area contributed by atoms with Crippen LogP contribution in [0.1, 0.15) is 82.4 Å². The molecule has 12 heteroatoms. The lowest BCUT2D eigenvalue weighted by molar-refractivity contribution is 0.0216. The van der Waals surface area contributed by atoms with E-state index in [2.05, 4.69) is 32.6 Å². The fraction of sp³-hybridized carbons (Fsp3) is 0.419. The zero-order valence-electron chi connectivity index (χ0n) is 23.3. The average Bonchev–Trinajstić information content (AvgIpc) is 3.94. The summed E-state index contributed by atoms with van der Waals surface area (Å²) in [5.74, 6) is 0.351. The predicted octanol–water partition coefficient (Wildman–Crippen LogP) is 8.43. The highest BCUT2D eigenvalue weighted by Crippen LogP contribution is 2.47. The average molecular weight is 752 g/mol. The van der Waals surface area contributed by atoms with Gasteiger partial charge in [0.2, 0.25) is 0 Å². The molecule has 0 N–H and O–H groups in total. The van der Waals surface area contributed by atoms with Crippen molar-refractivity contribution in [3.05, 3.63) is 62.8 Å². The molecule has 7 rings (SSSR count). The molecular formula is C31H28Cl2IN3O5S. The number of ether oxygens (including phenoxy) is 2. The number of benzene rings is 2. The van der Waals surface area contributed by atoms with Gasteiger partial charge in [0.1, 0.15) is 17.4 Å². The number of anilines is 1. The Morgan fingerprint density at radius 2 is 1.84 bits per heavy atom. The monoisotopic (exact) mass is 751 g/mol. The molecule has 3 fully saturated rings. The van der Waals surface area contributed by atoms with E-state index in [1.54, 1.807) is 29.5 Å². The summed E-state index contributed by atoms with van der Waals surface area (Å²) in [7, 11) is 1.41. The molecule has 2 aliphatic carbocycles. The van der Waals surface area contributed by atoms with Crippen molar-refractivity contribution in [1.82, 2.24) is 10.1 Å². The first-order chi connectivity index (χ1) is 20.9. The molecule has 2 atom stereocenters. The number of fused-ring (bicyclic) bond motifs is 1. The van der Waals surface area contributed by atoms with Gasteiger partial charge in [0.25, 0.3) is 0 Å². The van der Waals surface area contributed by atoms with Crippen molar-refractivity contribution >= 4 is 84.4 Å². The first-order valence-electron chi connectivity index (χ1n) is 14.4. The summed E-state index contributed by atoms with van der Waals surface area (Å²) >= 11 is 17.0. The molecule has 2 aromatic carbocycles. The number of hydrogen-bond acceptors (Lipinski definition) is 9. The van der Waals surface area contributed by atoms with Gasteiger partial charge in [-0.15, -0.1) is 0 Å². The molecule has 1 aliphatic heterocycles. The predicted molar refractivity (Wildman–Crippen MR) is 175 cm³/mol. The van der Waals surface area contributed by atoms with Crippen molar-refractivity contribution in [2.24, 2.45) is 0 Å². The molecule has 3 aliphatic rings. The quantitative estimate of drug-likeness (QED) is 0.101. The molecule has 43 heavy (non-hydrogen) atoms. The Balaban J connectivity index is 1.13. The standard InChI is InChI=1S/C31H28Cl2IN3O5S/c1-40-29(38)17-11-20(15-5-6-15)26-23(12-17)43-31(35-26)37-10-9-19(13-18(37)14-34)41-30(39)25-27(36-42-28(25)16-7-8-16)24-21(32)3-2-4-22(24)33/h2-4,11-12,15-16,18-19H,5-10,13-14H2,1H3/t18-,19+/m0/s1. The minimum absolute atomic E-state index is 0.125. The summed E-state index contributed by atoms with van der Waals surface area (Å²) in [6.45, 7) is 0.691. The smallest absolute Gasteiger partial charge is 0.344 e. The van der Waals surface area contributed by atoms with Gasteiger partial charge in [-0.2, -0.15) is 0 Å². The van der Waals surface area contributed by atoms with Gasteiger partial charge in [0, 0.05) is 41.3 Å². The summed E-state index contributed by atoms with van der Waals surface area (Å²) in [6.07, 6.45) is 5.14. The molecule has 0 radical (unpaired) electrons. The van der Waals surface area contributed by atoms with E-state index >= 15 is 0 Å². The third kappa shape index (κ3) is 5.64. The van der Waals surface area contributed by atoms with Crippen molar-refractivity contribution in [2.75, 3.05) is 23.0 Å². The molecule has 1 saturated heterocycles. The number of hydrogen-bond donors (Lipinski definition) is 0. The van der Waals surface area contributed by atoms with Gasteiger partial charge in [-0.05, 0) is 61.4 Å². The second kappa shape index (κ2) is 11.8. The Labute approximate surface area is 276 Å². The van der Waals surface area contributed by atoms with Crippen LogP contribution in [0.3, 0.4) is 0 Å². The van der Waals surface area contributed by atoms with Crippen LogP contribution in [0.5, 0.6) is 0 Å². The molecule has 2 aromatic heterocycles. The van der Waals surface area contributed by atoms with E-state index < -0.39 is 5.97 Å². The molecule has 4 aromatic rings. The number of piperidine rings is 1. The lowest BCUT2D eigenvalue weighted by Crippen LogP contribution is -2.46. The zero-order valence-corrected chi connectivity index (χ0v) is 27.8. The van der Waals surface area contributed by atoms with Crippen LogP contribution in [0, 0.1) is 0 Å². The summed E-state index contributed by atoms with van der Waals surface area (Å²) < 4.78 is 18.7. The third-order valence-electron chi connectivity index (χ3n) is 8.39. The van der Waals surface area contributed by atoms with Crippen LogP contribution in [0.4, 0.5) is 5.13 Å². The van der Waals surface area contributed by atoms with E-state index in [-0.39, 0.29) is 24.0 Å². The van der Waals surface area contributed by atoms with Crippen LogP contribution in [0.2, 0.25) is 10.0 Å². The number of methoxy groups -OCH3 is 1. The SMILES string of the molecule is COC(=O)c1cc(C2CC2)c2nc(N3CC[C@@H](OC(=O)c4c(-c5c(Cl)cccc5Cl)noc4C4CC4)C[C@H]3CI)sc2c1. The van der Waals surface area contributed by atoms with Crippen LogP contribution < -0.4 is 4.90 Å². The topological polar surface area (TPSA) is 94.8 Å². The second-order valence-corrected chi connectivity index (χ2v) is 14.1. The van der Waals surface area contributed by atoms with E-state index in [0.717, 1.165) is 51.0 Å². The number of thiazole rings is 1. The summed E-state index contributed by atoms with van der Waals surface area (Å²) in [5, 5.41) is 5.97. The van der Waals surface area contributed by atoms with Crippen molar-refractivity contribution in [3.8, 4) is 11.3 Å². The Kier molecular flexibility index (Phi) is 8.06. The second-order valence-electron chi connectivity index (χ2n) is 11.4. The molecule has 8 nitrogen and oxygen atoms in total. The van der Waals surface area contributed by atoms with Crippen molar-refractivity contribution < 1.29 is 23.6 Å². The summed E-state index contributed by atoms with van der Waals surface area (Å²) in [6, 6.07) is 9.15. The molecule has 0 amide bonds. The zero-order chi connectivity index (χ0) is 29.8. The molecule has 0 spiro atoms. The van der Waals surface area contributed by atoms with E-state index in [1.165, 1.54) is 7.11 Å². The van der Waals surface area contributed by atoms with Gasteiger partial charge < -0.3 is 18.9 Å². The first-order valence-corrected chi connectivity index (χ1v) is 17.5. The maximum atomic E-state index is 13.8. The highest BCUT2D eigenvalue weighted by Gasteiger charge is 2.39. The first kappa shape index (κ1) is 29.3. The summed E-state index contributed by atoms with van der Waals surface area (Å²) in [5.41, 5.74) is 3.81. The van der Waals surface area contributed by atoms with Crippen molar-refractivity contribution in [3.63, 3.8) is 0 Å². The van der Waals surface area contributed by atoms with Gasteiger partial charge in [0.15, 0.2) is 10.9 Å². The molecule has 2 saturated carbocycles. The van der Waals surface area contributed by atoms with Crippen molar-refractivity contribution in [1.29, 1.82) is 0 Å². The Morgan fingerprint density at radius 3 is 2.51 bits per heavy atom. The molecule has 0 unspecified atom stereocenters. The molecular weight excluding hydrogens is 724 g/mol. The largest absolute Gasteiger partial charge is 0.465 e. The Bertz CT molecular complexity index is 1710. The summed E-state index contributed by atoms with van der Waals surface area (Å²) in [4.78, 5) is 33.5. The van der Waals surface area contributed by atoms with Crippen LogP contribution in [-0.2, 0) is 9.47 Å². The third-order valence-corrected chi connectivity index (χ3v) is 11.1. The minimum atomic E-state index is -0.454. The number of rotatable bonds is 8. The number of alkyl halides is 1. The lowest BCUT2D eigenvalue weighted by Gasteiger charge is -2.38. The fourth-order valence-corrected chi connectivity index (χ4v) is 8.41. The van der Waals surface area contributed by atoms with Crippen LogP contribution in [-0.4, -0.2) is 52.3 Å². The van der Waals surface area contributed by atoms with Crippen LogP contribution in [0.15, 0.2) is 34.9 Å². The highest BCUT2D eigenvalue weighted by molar-refractivity contribution is 14.1. The van der Waals surface area contributed by atoms with E-state index in [1.807, 2.05) is 12.1 Å². The van der Waals surface area contributed by atoms with Gasteiger partial charge >= 0.3 is 11.9 Å². The Morgan fingerprint density at radius 1 is 1.09 bits per heavy atom. The lowest BCUT2D eigenvalue weighted by atomic mass is 10.0. The van der Waals surface area contributed by atoms with Gasteiger partial charge in [-0.3, -0.25) is 0 Å². The number of carbonyl (C=O) groups is 2. The van der Waals surface area contributed by atoms with Gasteiger partial charge in [0.05, 0.1) is 32.9 Å². The van der Waals surface area contributed by atoms with Gasteiger partial charge in [-0.25, -0.2) is 14.6 Å². The fourth-order valence-electron chi connectivity index (χ4n) is 5.86. The van der Waals surface area contributed by atoms with E-state index in [4.69, 9.17) is 42.2 Å². The number of nitrogens with zero attached hydrogens (tertiary/aromatic N) is 3. The number of esters is 2. The molecule has 3 heterocycles. The number of halogens is 3. The number of carbonyl (C=O) groups excluding carboxylic acids is 2. The maximum Gasteiger partial charge on any atom is 0.344 e. The highest BCUT2D eigenvalue weighted by atomic mass is 127. The van der Waals surface area contributed by atoms with E-state index in [9.17, 15) is 9.59 Å². The molecule has 0 bridgehead atoms. The van der Waals surface area contributed by atoms with Crippen molar-refractivity contribution in [2.45, 2.75) is 62.5 Å². The van der Waals surface area contributed by atoms with Gasteiger partial charge in [-0.1, -0.05) is 68.4 Å². The normalized spacial score (nSPS) is 20.4. The van der Waals surface area contributed by atoms with Crippen LogP contribution >= 0.6 is 57.1 Å². The van der Waals surface area contributed by atoms with Crippen LogP contribution in [0.25, 0.3) is 21.5 Å². The molecule has 224 valence electrons. The Hall–Kier alpha value is -2.41. The minimum Gasteiger partial charge on any atom is -0.465 e. The maximum absolute atomic E-state index is 13.8.